The largest absolute Gasteiger partial charge is 0.452 e. The number of carbonyl (C=O) groups is 2. The second-order valence-corrected chi connectivity index (χ2v) is 11.5. The van der Waals surface area contributed by atoms with Crippen molar-refractivity contribution in [2.75, 3.05) is 26.2 Å². The molecule has 3 fully saturated rings. The molecule has 7 heteroatoms. The molecule has 0 N–H and O–H groups in total. The van der Waals surface area contributed by atoms with E-state index in [1.807, 2.05) is 29.6 Å². The summed E-state index contributed by atoms with van der Waals surface area (Å²) in [5, 5.41) is 3.09. The summed E-state index contributed by atoms with van der Waals surface area (Å²) >= 11 is 1.65. The Hall–Kier alpha value is -3.42. The minimum atomic E-state index is -0.920. The summed E-state index contributed by atoms with van der Waals surface area (Å²) in [6.45, 7) is 2.61. The summed E-state index contributed by atoms with van der Waals surface area (Å²) in [4.78, 5) is 27.0. The zero-order chi connectivity index (χ0) is 26.3. The van der Waals surface area contributed by atoms with Crippen molar-refractivity contribution in [3.8, 4) is 0 Å². The maximum atomic E-state index is 14.1. The highest BCUT2D eigenvalue weighted by Gasteiger charge is 2.50. The molecule has 7 rings (SSSR count). The van der Waals surface area contributed by atoms with Crippen molar-refractivity contribution in [3.63, 3.8) is 0 Å². The minimum Gasteiger partial charge on any atom is -0.452 e. The number of ketones is 1. The number of ether oxygens (including phenoxy) is 1. The van der Waals surface area contributed by atoms with Gasteiger partial charge in [-0.1, -0.05) is 24.3 Å². The molecule has 0 saturated carbocycles. The highest BCUT2D eigenvalue weighted by Crippen LogP contribution is 2.40. The van der Waals surface area contributed by atoms with Crippen LogP contribution in [0, 0.1) is 23.5 Å². The zero-order valence-electron chi connectivity index (χ0n) is 20.8. The molecule has 3 aliphatic heterocycles. The number of hydrogen-bond donors (Lipinski definition) is 0. The van der Waals surface area contributed by atoms with E-state index in [0.29, 0.717) is 34.3 Å². The molecule has 1 unspecified atom stereocenters. The molecule has 1 atom stereocenters. The van der Waals surface area contributed by atoms with Crippen molar-refractivity contribution in [2.45, 2.75) is 18.9 Å². The molecule has 0 spiro atoms. The molecule has 4 heterocycles. The third kappa shape index (κ3) is 4.88. The van der Waals surface area contributed by atoms with E-state index in [4.69, 9.17) is 4.74 Å². The average molecular weight is 533 g/mol. The second kappa shape index (κ2) is 10.0. The van der Waals surface area contributed by atoms with E-state index in [-0.39, 0.29) is 23.6 Å². The number of hydrogen-bond acceptors (Lipinski definition) is 4. The Labute approximate surface area is 224 Å². The van der Waals surface area contributed by atoms with Gasteiger partial charge in [0.1, 0.15) is 24.1 Å². The SMILES string of the molecule is O=C(C[N+]12CCC(CC1)C(C(=O)OC(c1cccc(F)c1)c1cccc(F)c1)C2)c1ccc2sccc2c1. The third-order valence-electron chi connectivity index (χ3n) is 8.19. The number of fused-ring (bicyclic) bond motifs is 4. The molecule has 3 saturated heterocycles. The van der Waals surface area contributed by atoms with E-state index in [1.165, 1.54) is 24.3 Å². The monoisotopic (exact) mass is 532 g/mol. The summed E-state index contributed by atoms with van der Waals surface area (Å²) in [6, 6.07) is 19.6. The van der Waals surface area contributed by atoms with Gasteiger partial charge in [-0.15, -0.1) is 11.3 Å². The van der Waals surface area contributed by atoms with Gasteiger partial charge in [0.2, 0.25) is 5.78 Å². The first-order valence-corrected chi connectivity index (χ1v) is 13.8. The predicted molar refractivity (Wildman–Crippen MR) is 143 cm³/mol. The number of rotatable bonds is 7. The van der Waals surface area contributed by atoms with Gasteiger partial charge in [0.15, 0.2) is 6.10 Å². The first-order valence-electron chi connectivity index (χ1n) is 13.0. The van der Waals surface area contributed by atoms with Gasteiger partial charge >= 0.3 is 5.97 Å². The van der Waals surface area contributed by atoms with Crippen LogP contribution in [-0.4, -0.2) is 42.4 Å². The molecule has 38 heavy (non-hydrogen) atoms. The Bertz CT molecular complexity index is 1460. The minimum absolute atomic E-state index is 0.0861. The third-order valence-corrected chi connectivity index (χ3v) is 9.09. The van der Waals surface area contributed by atoms with Crippen molar-refractivity contribution >= 4 is 33.2 Å². The molecule has 1 aromatic heterocycles. The molecule has 4 nitrogen and oxygen atoms in total. The highest BCUT2D eigenvalue weighted by atomic mass is 32.1. The van der Waals surface area contributed by atoms with Gasteiger partial charge < -0.3 is 9.22 Å². The van der Waals surface area contributed by atoms with E-state index in [2.05, 4.69) is 0 Å². The molecule has 0 radical (unpaired) electrons. The number of halogens is 2. The maximum Gasteiger partial charge on any atom is 0.315 e. The van der Waals surface area contributed by atoms with Crippen molar-refractivity contribution in [3.05, 3.63) is 107 Å². The van der Waals surface area contributed by atoms with Gasteiger partial charge in [0.25, 0.3) is 0 Å². The lowest BCUT2D eigenvalue weighted by Gasteiger charge is -2.51. The number of piperidine rings is 3. The molecule has 2 bridgehead atoms. The van der Waals surface area contributed by atoms with Gasteiger partial charge in [-0.3, -0.25) is 9.59 Å². The predicted octanol–water partition coefficient (Wildman–Crippen LogP) is 6.55. The quantitative estimate of drug-likeness (QED) is 0.154. The molecule has 194 valence electrons. The van der Waals surface area contributed by atoms with E-state index < -0.39 is 17.7 Å². The summed E-state index contributed by atoms with van der Waals surface area (Å²) in [7, 11) is 0. The number of benzene rings is 3. The molecule has 4 aromatic rings. The zero-order valence-corrected chi connectivity index (χ0v) is 21.6. The molecular weight excluding hydrogens is 504 g/mol. The molecule has 0 amide bonds. The lowest BCUT2D eigenvalue weighted by molar-refractivity contribution is -0.938. The average Bonchev–Trinajstić information content (AvgIpc) is 3.40. The van der Waals surface area contributed by atoms with Gasteiger partial charge in [0, 0.05) is 23.1 Å². The Morgan fingerprint density at radius 2 is 1.61 bits per heavy atom. The lowest BCUT2D eigenvalue weighted by atomic mass is 9.76. The van der Waals surface area contributed by atoms with Crippen LogP contribution >= 0.6 is 11.3 Å². The van der Waals surface area contributed by atoms with Gasteiger partial charge in [-0.25, -0.2) is 8.78 Å². The van der Waals surface area contributed by atoms with Crippen LogP contribution in [0.15, 0.2) is 78.2 Å². The fraction of sp³-hybridized carbons (Fsp3) is 0.290. The van der Waals surface area contributed by atoms with Crippen LogP contribution in [0.1, 0.15) is 40.4 Å². The number of esters is 1. The lowest BCUT2D eigenvalue weighted by Crippen LogP contribution is -2.64. The first kappa shape index (κ1) is 24.9. The van der Waals surface area contributed by atoms with Crippen LogP contribution < -0.4 is 0 Å². The van der Waals surface area contributed by atoms with Crippen LogP contribution in [0.25, 0.3) is 10.1 Å². The van der Waals surface area contributed by atoms with Crippen LogP contribution in [-0.2, 0) is 9.53 Å². The first-order chi connectivity index (χ1) is 18.4. The Morgan fingerprint density at radius 3 is 2.26 bits per heavy atom. The molecular formula is C31H28F2NO3S+. The van der Waals surface area contributed by atoms with Crippen LogP contribution in [0.3, 0.4) is 0 Å². The molecule has 3 aliphatic rings. The van der Waals surface area contributed by atoms with Crippen LogP contribution in [0.4, 0.5) is 8.78 Å². The summed E-state index contributed by atoms with van der Waals surface area (Å²) in [6.07, 6.45) is 0.777. The Balaban J connectivity index is 1.22. The van der Waals surface area contributed by atoms with Crippen molar-refractivity contribution in [1.29, 1.82) is 0 Å². The number of carbonyl (C=O) groups excluding carboxylic acids is 2. The van der Waals surface area contributed by atoms with Gasteiger partial charge in [0.05, 0.1) is 19.6 Å². The number of quaternary nitrogens is 1. The fourth-order valence-electron chi connectivity index (χ4n) is 6.18. The van der Waals surface area contributed by atoms with E-state index in [0.717, 1.165) is 36.0 Å². The smallest absolute Gasteiger partial charge is 0.315 e. The Kier molecular flexibility index (Phi) is 6.58. The molecule has 3 aromatic carbocycles. The number of nitrogens with zero attached hydrogens (tertiary/aromatic N) is 1. The van der Waals surface area contributed by atoms with E-state index >= 15 is 0 Å². The van der Waals surface area contributed by atoms with E-state index in [1.54, 1.807) is 35.6 Å². The second-order valence-electron chi connectivity index (χ2n) is 10.6. The van der Waals surface area contributed by atoms with Crippen LogP contribution in [0.2, 0.25) is 0 Å². The highest BCUT2D eigenvalue weighted by molar-refractivity contribution is 7.17. The maximum absolute atomic E-state index is 14.1. The standard InChI is InChI=1S/C31H28F2NO3S/c32-25-5-1-3-23(16-25)30(24-4-2-6-26(33)17-24)37-31(36)27-18-34(12-9-20(27)10-13-34)19-28(35)21-7-8-29-22(15-21)11-14-38-29/h1-8,11,14-17,20,27,30H,9-10,12-13,18-19H2/q+1. The Morgan fingerprint density at radius 1 is 0.921 bits per heavy atom. The number of thiophene rings is 1. The summed E-state index contributed by atoms with van der Waals surface area (Å²) in [5.74, 6) is -1.38. The molecule has 0 aliphatic carbocycles. The van der Waals surface area contributed by atoms with Gasteiger partial charge in [-0.2, -0.15) is 0 Å². The number of Topliss-reactive ketones (excluding diaryl/α,β-unsaturated/α-hetero) is 1. The van der Waals surface area contributed by atoms with E-state index in [9.17, 15) is 18.4 Å². The summed E-state index contributed by atoms with van der Waals surface area (Å²) < 4.78 is 35.9. The van der Waals surface area contributed by atoms with Gasteiger partial charge in [-0.05, 0) is 76.3 Å². The van der Waals surface area contributed by atoms with Crippen molar-refractivity contribution in [1.82, 2.24) is 0 Å². The van der Waals surface area contributed by atoms with Crippen LogP contribution in [0.5, 0.6) is 0 Å². The normalized spacial score (nSPS) is 22.6. The fourth-order valence-corrected chi connectivity index (χ4v) is 6.95. The topological polar surface area (TPSA) is 43.4 Å². The van der Waals surface area contributed by atoms with Crippen molar-refractivity contribution < 1.29 is 27.6 Å². The van der Waals surface area contributed by atoms with Crippen molar-refractivity contribution in [2.24, 2.45) is 11.8 Å². The summed E-state index contributed by atoms with van der Waals surface area (Å²) in [5.41, 5.74) is 1.61.